The minimum absolute atomic E-state index is 0.773. The maximum atomic E-state index is 3.92. The zero-order valence-electron chi connectivity index (χ0n) is 9.82. The van der Waals surface area contributed by atoms with Gasteiger partial charge in [-0.05, 0) is 50.6 Å². The lowest BCUT2D eigenvalue weighted by molar-refractivity contribution is 0.789. The number of tetrazole rings is 1. The van der Waals surface area contributed by atoms with Crippen molar-refractivity contribution in [2.45, 2.75) is 6.54 Å². The van der Waals surface area contributed by atoms with E-state index in [1.54, 1.807) is 22.3 Å². The van der Waals surface area contributed by atoms with Crippen molar-refractivity contribution < 1.29 is 0 Å². The fraction of sp³-hybridized carbons (Fsp3) is 0.0833. The van der Waals surface area contributed by atoms with Crippen molar-refractivity contribution in [1.29, 1.82) is 0 Å². The molecule has 0 aliphatic carbocycles. The fourth-order valence-electron chi connectivity index (χ4n) is 1.72. The molecule has 3 rings (SSSR count). The Morgan fingerprint density at radius 2 is 2.11 bits per heavy atom. The number of hydrogen-bond acceptors (Lipinski definition) is 5. The molecule has 0 aliphatic heterocycles. The lowest BCUT2D eigenvalue weighted by Crippen LogP contribution is -2.04. The Bertz CT molecular complexity index is 664. The molecule has 1 aromatic carbocycles. The molecule has 2 heterocycles. The summed E-state index contributed by atoms with van der Waals surface area (Å²) >= 11 is 5.18. The number of nitrogens with zero attached hydrogens (tertiary/aromatic N) is 4. The Morgan fingerprint density at radius 1 is 1.21 bits per heavy atom. The minimum atomic E-state index is 0.773. The molecule has 2 aromatic heterocycles. The summed E-state index contributed by atoms with van der Waals surface area (Å²) in [6.45, 7) is 0.773. The smallest absolute Gasteiger partial charge is 0.143 e. The number of benzene rings is 1. The van der Waals surface area contributed by atoms with Gasteiger partial charge in [-0.1, -0.05) is 12.1 Å². The highest BCUT2D eigenvalue weighted by molar-refractivity contribution is 9.11. The highest BCUT2D eigenvalue weighted by atomic mass is 79.9. The van der Waals surface area contributed by atoms with Gasteiger partial charge < -0.3 is 5.32 Å². The minimum Gasteiger partial charge on any atom is -0.378 e. The van der Waals surface area contributed by atoms with E-state index >= 15 is 0 Å². The molecular weight excluding hydrogens is 326 g/mol. The van der Waals surface area contributed by atoms with Crippen molar-refractivity contribution in [3.8, 4) is 5.69 Å². The molecule has 0 saturated heterocycles. The van der Waals surface area contributed by atoms with Crippen molar-refractivity contribution in [1.82, 2.24) is 20.2 Å². The quantitative estimate of drug-likeness (QED) is 0.795. The lowest BCUT2D eigenvalue weighted by atomic mass is 10.2. The normalized spacial score (nSPS) is 10.6. The molecule has 0 unspecified atom stereocenters. The Balaban J connectivity index is 1.81. The van der Waals surface area contributed by atoms with E-state index < -0.39 is 0 Å². The highest BCUT2D eigenvalue weighted by Gasteiger charge is 2.05. The topological polar surface area (TPSA) is 55.6 Å². The van der Waals surface area contributed by atoms with Crippen LogP contribution in [0.15, 0.2) is 46.5 Å². The molecule has 0 spiro atoms. The highest BCUT2D eigenvalue weighted by Crippen LogP contribution is 2.24. The summed E-state index contributed by atoms with van der Waals surface area (Å²) in [6, 6.07) is 12.1. The summed E-state index contributed by atoms with van der Waals surface area (Å²) in [6.07, 6.45) is 1.59. The van der Waals surface area contributed by atoms with Gasteiger partial charge in [0.25, 0.3) is 0 Å². The van der Waals surface area contributed by atoms with Crippen molar-refractivity contribution in [3.63, 3.8) is 0 Å². The molecule has 0 fully saturated rings. The molecule has 0 atom stereocenters. The van der Waals surface area contributed by atoms with Crippen molar-refractivity contribution in [3.05, 3.63) is 51.4 Å². The molecule has 7 heteroatoms. The van der Waals surface area contributed by atoms with Crippen molar-refractivity contribution >= 4 is 33.0 Å². The van der Waals surface area contributed by atoms with E-state index in [1.165, 1.54) is 4.88 Å². The molecule has 96 valence electrons. The zero-order chi connectivity index (χ0) is 13.1. The first-order chi connectivity index (χ1) is 9.33. The predicted octanol–water partition coefficient (Wildman–Crippen LogP) is 3.10. The molecule has 3 aromatic rings. The molecule has 0 amide bonds. The molecular formula is C12H10BrN5S. The number of hydrogen-bond donors (Lipinski definition) is 1. The number of halogens is 1. The molecule has 0 saturated carbocycles. The van der Waals surface area contributed by atoms with E-state index in [2.05, 4.69) is 48.9 Å². The maximum Gasteiger partial charge on any atom is 0.143 e. The van der Waals surface area contributed by atoms with Crippen LogP contribution in [-0.4, -0.2) is 20.2 Å². The molecule has 0 radical (unpaired) electrons. The third-order valence-electron chi connectivity index (χ3n) is 2.58. The summed E-state index contributed by atoms with van der Waals surface area (Å²) < 4.78 is 2.78. The van der Waals surface area contributed by atoms with Gasteiger partial charge in [0.1, 0.15) is 6.33 Å². The van der Waals surface area contributed by atoms with Gasteiger partial charge in [-0.25, -0.2) is 0 Å². The Morgan fingerprint density at radius 3 is 2.84 bits per heavy atom. The van der Waals surface area contributed by atoms with Crippen LogP contribution in [-0.2, 0) is 6.54 Å². The van der Waals surface area contributed by atoms with Gasteiger partial charge >= 0.3 is 0 Å². The molecule has 0 bridgehead atoms. The van der Waals surface area contributed by atoms with E-state index in [9.17, 15) is 0 Å². The Hall–Kier alpha value is -1.73. The van der Waals surface area contributed by atoms with E-state index in [1.807, 2.05) is 24.3 Å². The van der Waals surface area contributed by atoms with E-state index in [0.29, 0.717) is 0 Å². The molecule has 5 nitrogen and oxygen atoms in total. The largest absolute Gasteiger partial charge is 0.378 e. The lowest BCUT2D eigenvalue weighted by Gasteiger charge is -2.10. The van der Waals surface area contributed by atoms with Crippen LogP contribution in [0.25, 0.3) is 5.69 Å². The van der Waals surface area contributed by atoms with Gasteiger partial charge in [0.05, 0.1) is 15.2 Å². The third kappa shape index (κ3) is 2.82. The standard InChI is InChI=1S/C12H10BrN5S/c13-12-6-5-9(19-12)7-14-10-3-1-2-4-11(10)18-8-15-16-17-18/h1-6,8,14H,7H2. The fourth-order valence-corrected chi connectivity index (χ4v) is 3.15. The van der Waals surface area contributed by atoms with Crippen LogP contribution in [0.4, 0.5) is 5.69 Å². The van der Waals surface area contributed by atoms with Gasteiger partial charge in [0.15, 0.2) is 0 Å². The average Bonchev–Trinajstić information content (AvgIpc) is 3.08. The summed E-state index contributed by atoms with van der Waals surface area (Å²) in [4.78, 5) is 1.26. The number of para-hydroxylation sites is 2. The zero-order valence-corrected chi connectivity index (χ0v) is 12.2. The van der Waals surface area contributed by atoms with Crippen molar-refractivity contribution in [2.24, 2.45) is 0 Å². The number of nitrogens with one attached hydrogen (secondary N) is 1. The van der Waals surface area contributed by atoms with E-state index in [0.717, 1.165) is 21.7 Å². The van der Waals surface area contributed by atoms with Crippen LogP contribution in [0.5, 0.6) is 0 Å². The third-order valence-corrected chi connectivity index (χ3v) is 4.21. The number of anilines is 1. The number of aromatic nitrogens is 4. The first-order valence-corrected chi connectivity index (χ1v) is 7.24. The maximum absolute atomic E-state index is 3.92. The van der Waals surface area contributed by atoms with Crippen LogP contribution in [0.2, 0.25) is 0 Å². The number of rotatable bonds is 4. The summed E-state index contributed by atoms with van der Waals surface area (Å²) in [5, 5.41) is 14.6. The predicted molar refractivity (Wildman–Crippen MR) is 78.5 cm³/mol. The average molecular weight is 336 g/mol. The Kier molecular flexibility index (Phi) is 3.56. The molecule has 19 heavy (non-hydrogen) atoms. The van der Waals surface area contributed by atoms with Crippen LogP contribution < -0.4 is 5.32 Å². The number of thiophene rings is 1. The molecule has 1 N–H and O–H groups in total. The van der Waals surface area contributed by atoms with Gasteiger partial charge in [0.2, 0.25) is 0 Å². The first kappa shape index (κ1) is 12.3. The van der Waals surface area contributed by atoms with Gasteiger partial charge in [-0.2, -0.15) is 4.68 Å². The van der Waals surface area contributed by atoms with E-state index in [4.69, 9.17) is 0 Å². The second kappa shape index (κ2) is 5.50. The van der Waals surface area contributed by atoms with Crippen LogP contribution in [0.3, 0.4) is 0 Å². The van der Waals surface area contributed by atoms with Crippen LogP contribution in [0.1, 0.15) is 4.88 Å². The SMILES string of the molecule is Brc1ccc(CNc2ccccc2-n2cnnn2)s1. The summed E-state index contributed by atoms with van der Waals surface area (Å²) in [5.74, 6) is 0. The van der Waals surface area contributed by atoms with Gasteiger partial charge in [-0.15, -0.1) is 16.4 Å². The second-order valence-corrected chi connectivity index (χ2v) is 6.38. The molecule has 0 aliphatic rings. The summed E-state index contributed by atoms with van der Waals surface area (Å²) in [7, 11) is 0. The Labute approximate surface area is 122 Å². The van der Waals surface area contributed by atoms with Gasteiger partial charge in [0, 0.05) is 11.4 Å². The van der Waals surface area contributed by atoms with Crippen LogP contribution >= 0.6 is 27.3 Å². The summed E-state index contributed by atoms with van der Waals surface area (Å²) in [5.41, 5.74) is 1.93. The van der Waals surface area contributed by atoms with Crippen LogP contribution in [0, 0.1) is 0 Å². The van der Waals surface area contributed by atoms with E-state index in [-0.39, 0.29) is 0 Å². The van der Waals surface area contributed by atoms with Crippen molar-refractivity contribution in [2.75, 3.05) is 5.32 Å². The van der Waals surface area contributed by atoms with Gasteiger partial charge in [-0.3, -0.25) is 0 Å². The second-order valence-electron chi connectivity index (χ2n) is 3.83. The monoisotopic (exact) mass is 335 g/mol. The first-order valence-electron chi connectivity index (χ1n) is 5.63.